The summed E-state index contributed by atoms with van der Waals surface area (Å²) in [7, 11) is 0. The molecule has 0 radical (unpaired) electrons. The number of hydrogen-bond acceptors (Lipinski definition) is 4. The monoisotopic (exact) mass is 446 g/mol. The molecule has 0 aliphatic rings. The van der Waals surface area contributed by atoms with Crippen molar-refractivity contribution in [1.29, 1.82) is 0 Å². The van der Waals surface area contributed by atoms with Gasteiger partial charge >= 0.3 is 18.3 Å². The number of benzene rings is 3. The van der Waals surface area contributed by atoms with Crippen LogP contribution in [0.2, 0.25) is 0 Å². The van der Waals surface area contributed by atoms with Crippen LogP contribution in [-0.2, 0) is 11.2 Å². The molecule has 0 aliphatic heterocycles. The Bertz CT molecular complexity index is 1110. The highest BCUT2D eigenvalue weighted by Gasteiger charge is 2.31. The van der Waals surface area contributed by atoms with Crippen molar-refractivity contribution in [2.45, 2.75) is 19.2 Å². The summed E-state index contributed by atoms with van der Waals surface area (Å²) in [6, 6.07) is 16.0. The molecule has 3 rings (SSSR count). The SMILES string of the molecule is O=C(O)CCc1cc(-c2ccc(OC(F)(F)F)cc2)ccc1Oc1ccc(C(=O)O)cc1. The first-order valence-electron chi connectivity index (χ1n) is 9.33. The number of halogens is 3. The Kier molecular flexibility index (Phi) is 6.67. The van der Waals surface area contributed by atoms with E-state index in [1.807, 2.05) is 0 Å². The van der Waals surface area contributed by atoms with Crippen LogP contribution in [0.1, 0.15) is 22.3 Å². The van der Waals surface area contributed by atoms with E-state index in [0.29, 0.717) is 28.2 Å². The van der Waals surface area contributed by atoms with Crippen LogP contribution in [0.5, 0.6) is 17.2 Å². The standard InChI is InChI=1S/C23H17F3O6/c24-23(25,26)32-19-9-1-14(2-10-19)16-5-11-20(17(13-16)6-12-21(27)28)31-18-7-3-15(4-8-18)22(29)30/h1-5,7-11,13H,6,12H2,(H,27,28)(H,29,30). The third-order valence-electron chi connectivity index (χ3n) is 4.42. The summed E-state index contributed by atoms with van der Waals surface area (Å²) < 4.78 is 46.7. The number of carboxylic acids is 2. The largest absolute Gasteiger partial charge is 0.573 e. The molecule has 32 heavy (non-hydrogen) atoms. The summed E-state index contributed by atoms with van der Waals surface area (Å²) in [5.41, 5.74) is 1.92. The van der Waals surface area contributed by atoms with E-state index in [4.69, 9.17) is 14.9 Å². The molecule has 9 heteroatoms. The molecule has 0 spiro atoms. The topological polar surface area (TPSA) is 93.1 Å². The van der Waals surface area contributed by atoms with Crippen LogP contribution in [0, 0.1) is 0 Å². The maximum absolute atomic E-state index is 12.3. The van der Waals surface area contributed by atoms with E-state index in [9.17, 15) is 22.8 Å². The van der Waals surface area contributed by atoms with Gasteiger partial charge in [-0.3, -0.25) is 4.79 Å². The van der Waals surface area contributed by atoms with Crippen molar-refractivity contribution in [2.75, 3.05) is 0 Å². The third kappa shape index (κ3) is 6.24. The normalized spacial score (nSPS) is 11.1. The Morgan fingerprint density at radius 1 is 0.812 bits per heavy atom. The summed E-state index contributed by atoms with van der Waals surface area (Å²) in [4.78, 5) is 22.0. The number of hydrogen-bond donors (Lipinski definition) is 2. The van der Waals surface area contributed by atoms with Crippen LogP contribution in [0.3, 0.4) is 0 Å². The summed E-state index contributed by atoms with van der Waals surface area (Å²) >= 11 is 0. The minimum absolute atomic E-state index is 0.0942. The van der Waals surface area contributed by atoms with Crippen molar-refractivity contribution < 1.29 is 42.4 Å². The van der Waals surface area contributed by atoms with Crippen molar-refractivity contribution in [1.82, 2.24) is 0 Å². The van der Waals surface area contributed by atoms with Crippen LogP contribution >= 0.6 is 0 Å². The van der Waals surface area contributed by atoms with E-state index in [2.05, 4.69) is 4.74 Å². The van der Waals surface area contributed by atoms with Crippen LogP contribution < -0.4 is 9.47 Å². The Balaban J connectivity index is 1.87. The van der Waals surface area contributed by atoms with Crippen molar-refractivity contribution in [3.63, 3.8) is 0 Å². The number of rotatable bonds is 8. The smallest absolute Gasteiger partial charge is 0.481 e. The lowest BCUT2D eigenvalue weighted by Crippen LogP contribution is -2.16. The second kappa shape index (κ2) is 9.42. The van der Waals surface area contributed by atoms with E-state index < -0.39 is 18.3 Å². The van der Waals surface area contributed by atoms with Gasteiger partial charge in [-0.15, -0.1) is 13.2 Å². The lowest BCUT2D eigenvalue weighted by atomic mass is 10.00. The molecule has 0 aromatic heterocycles. The maximum Gasteiger partial charge on any atom is 0.573 e. The van der Waals surface area contributed by atoms with E-state index in [1.54, 1.807) is 18.2 Å². The van der Waals surface area contributed by atoms with Gasteiger partial charge in [-0.25, -0.2) is 4.79 Å². The molecule has 2 N–H and O–H groups in total. The Morgan fingerprint density at radius 2 is 1.41 bits per heavy atom. The fourth-order valence-corrected chi connectivity index (χ4v) is 2.94. The predicted octanol–water partition coefficient (Wildman–Crippen LogP) is 5.76. The molecule has 0 atom stereocenters. The summed E-state index contributed by atoms with van der Waals surface area (Å²) in [6.07, 6.45) is -4.79. The minimum Gasteiger partial charge on any atom is -0.481 e. The van der Waals surface area contributed by atoms with Gasteiger partial charge in [0.1, 0.15) is 17.2 Å². The zero-order valence-electron chi connectivity index (χ0n) is 16.4. The van der Waals surface area contributed by atoms with Crippen molar-refractivity contribution in [3.05, 3.63) is 77.9 Å². The Hall–Kier alpha value is -4.01. The molecule has 0 heterocycles. The van der Waals surface area contributed by atoms with Gasteiger partial charge in [0, 0.05) is 6.42 Å². The second-order valence-corrected chi connectivity index (χ2v) is 6.72. The number of aryl methyl sites for hydroxylation is 1. The second-order valence-electron chi connectivity index (χ2n) is 6.72. The van der Waals surface area contributed by atoms with Gasteiger partial charge < -0.3 is 19.7 Å². The molecule has 3 aromatic carbocycles. The first kappa shape index (κ1) is 22.7. The van der Waals surface area contributed by atoms with Gasteiger partial charge in [-0.1, -0.05) is 18.2 Å². The molecular formula is C23H17F3O6. The Labute approximate surface area is 180 Å². The summed E-state index contributed by atoms with van der Waals surface area (Å²) in [5, 5.41) is 18.0. The first-order valence-corrected chi connectivity index (χ1v) is 9.33. The fraction of sp³-hybridized carbons (Fsp3) is 0.130. The summed E-state index contributed by atoms with van der Waals surface area (Å²) in [5.74, 6) is -1.67. The lowest BCUT2D eigenvalue weighted by molar-refractivity contribution is -0.274. The fourth-order valence-electron chi connectivity index (χ4n) is 2.94. The molecule has 3 aromatic rings. The molecular weight excluding hydrogens is 429 g/mol. The number of carboxylic acid groups (broad SMARTS) is 2. The van der Waals surface area contributed by atoms with E-state index in [0.717, 1.165) is 0 Å². The molecule has 0 unspecified atom stereocenters. The highest BCUT2D eigenvalue weighted by molar-refractivity contribution is 5.87. The van der Waals surface area contributed by atoms with Crippen LogP contribution in [0.15, 0.2) is 66.7 Å². The summed E-state index contributed by atoms with van der Waals surface area (Å²) in [6.45, 7) is 0. The average molecular weight is 446 g/mol. The molecule has 0 amide bonds. The molecule has 0 aliphatic carbocycles. The zero-order valence-corrected chi connectivity index (χ0v) is 16.4. The number of alkyl halides is 3. The number of carbonyl (C=O) groups is 2. The van der Waals surface area contributed by atoms with E-state index >= 15 is 0 Å². The predicted molar refractivity (Wildman–Crippen MR) is 108 cm³/mol. The van der Waals surface area contributed by atoms with Crippen molar-refractivity contribution >= 4 is 11.9 Å². The quantitative estimate of drug-likeness (QED) is 0.457. The molecule has 0 fully saturated rings. The third-order valence-corrected chi connectivity index (χ3v) is 4.42. The average Bonchev–Trinajstić information content (AvgIpc) is 2.73. The molecule has 0 saturated heterocycles. The van der Waals surface area contributed by atoms with Crippen LogP contribution in [0.4, 0.5) is 13.2 Å². The zero-order chi connectivity index (χ0) is 23.3. The minimum atomic E-state index is -4.78. The van der Waals surface area contributed by atoms with Gasteiger partial charge in [0.2, 0.25) is 0 Å². The maximum atomic E-state index is 12.3. The molecule has 6 nitrogen and oxygen atoms in total. The number of aromatic carboxylic acids is 1. The number of ether oxygens (including phenoxy) is 2. The van der Waals surface area contributed by atoms with Gasteiger partial charge in [0.05, 0.1) is 5.56 Å². The van der Waals surface area contributed by atoms with Crippen LogP contribution in [0.25, 0.3) is 11.1 Å². The lowest BCUT2D eigenvalue weighted by Gasteiger charge is -2.14. The van der Waals surface area contributed by atoms with E-state index in [1.165, 1.54) is 48.5 Å². The van der Waals surface area contributed by atoms with Gasteiger partial charge in [-0.2, -0.15) is 0 Å². The van der Waals surface area contributed by atoms with Gasteiger partial charge in [0.15, 0.2) is 0 Å². The van der Waals surface area contributed by atoms with E-state index in [-0.39, 0.29) is 24.2 Å². The highest BCUT2D eigenvalue weighted by atomic mass is 19.4. The first-order chi connectivity index (χ1) is 15.1. The van der Waals surface area contributed by atoms with Gasteiger partial charge in [0.25, 0.3) is 0 Å². The van der Waals surface area contributed by atoms with Crippen molar-refractivity contribution in [3.8, 4) is 28.4 Å². The van der Waals surface area contributed by atoms with Gasteiger partial charge in [-0.05, 0) is 71.6 Å². The Morgan fingerprint density at radius 3 is 1.97 bits per heavy atom. The molecule has 0 saturated carbocycles. The van der Waals surface area contributed by atoms with Crippen LogP contribution in [-0.4, -0.2) is 28.5 Å². The molecule has 0 bridgehead atoms. The highest BCUT2D eigenvalue weighted by Crippen LogP contribution is 2.32. The molecule has 166 valence electrons. The van der Waals surface area contributed by atoms with Crippen molar-refractivity contribution in [2.24, 2.45) is 0 Å². The number of aliphatic carboxylic acids is 1.